The van der Waals surface area contributed by atoms with E-state index in [-0.39, 0.29) is 29.6 Å². The van der Waals surface area contributed by atoms with Crippen LogP contribution in [0.25, 0.3) is 0 Å². The van der Waals surface area contributed by atoms with Gasteiger partial charge >= 0.3 is 0 Å². The van der Waals surface area contributed by atoms with E-state index < -0.39 is 17.7 Å². The fraction of sp³-hybridized carbons (Fsp3) is 0.645. The highest BCUT2D eigenvalue weighted by atomic mass is 19.1. The van der Waals surface area contributed by atoms with Crippen molar-refractivity contribution in [3.8, 4) is 0 Å². The van der Waals surface area contributed by atoms with Crippen LogP contribution in [0.3, 0.4) is 0 Å². The number of amides is 2. The van der Waals surface area contributed by atoms with E-state index in [0.29, 0.717) is 32.5 Å². The molecule has 40 heavy (non-hydrogen) atoms. The molecule has 3 heterocycles. The Bertz CT molecular complexity index is 1160. The number of piperidine rings is 1. The molecule has 2 amide bonds. The Kier molecular flexibility index (Phi) is 8.61. The summed E-state index contributed by atoms with van der Waals surface area (Å²) in [5, 5.41) is 21.7. The summed E-state index contributed by atoms with van der Waals surface area (Å²) in [4.78, 5) is 32.0. The monoisotopic (exact) mass is 553 g/mol. The van der Waals surface area contributed by atoms with E-state index in [1.807, 2.05) is 30.9 Å². The maximum Gasteiger partial charge on any atom is 0.248 e. The zero-order valence-corrected chi connectivity index (χ0v) is 24.1. The average Bonchev–Trinajstić information content (AvgIpc) is 3.30. The van der Waals surface area contributed by atoms with E-state index in [2.05, 4.69) is 27.3 Å². The number of rotatable bonds is 8. The number of hydrogen-bond acceptors (Lipinski definition) is 5. The van der Waals surface area contributed by atoms with Crippen molar-refractivity contribution in [1.82, 2.24) is 25.3 Å². The third-order valence-corrected chi connectivity index (χ3v) is 9.60. The van der Waals surface area contributed by atoms with Gasteiger partial charge in [0.2, 0.25) is 11.8 Å². The number of aliphatic hydroxyl groups excluding tert-OH is 1. The number of likely N-dealkylation sites (tertiary alicyclic amines) is 1. The third kappa shape index (κ3) is 5.30. The van der Waals surface area contributed by atoms with Crippen LogP contribution in [0.15, 0.2) is 24.3 Å². The molecule has 3 N–H and O–H groups in total. The first-order chi connectivity index (χ1) is 19.3. The minimum absolute atomic E-state index is 0.0461. The van der Waals surface area contributed by atoms with Gasteiger partial charge in [0.15, 0.2) is 0 Å². The highest BCUT2D eigenvalue weighted by Gasteiger charge is 2.55. The average molecular weight is 554 g/mol. The van der Waals surface area contributed by atoms with Gasteiger partial charge < -0.3 is 15.3 Å². The summed E-state index contributed by atoms with van der Waals surface area (Å²) in [5.41, 5.74) is 2.95. The number of H-pyrrole nitrogens is 1. The summed E-state index contributed by atoms with van der Waals surface area (Å²) in [6.07, 6.45) is 6.92. The number of nitrogens with one attached hydrogen (secondary N) is 2. The molecule has 5 rings (SSSR count). The molecule has 1 spiro atoms. The molecule has 8 nitrogen and oxygen atoms in total. The minimum atomic E-state index is -0.931. The normalized spacial score (nSPS) is 23.8. The second kappa shape index (κ2) is 12.0. The van der Waals surface area contributed by atoms with Crippen molar-refractivity contribution in [2.75, 3.05) is 19.6 Å². The summed E-state index contributed by atoms with van der Waals surface area (Å²) in [5.74, 6) is -0.521. The standard InChI is InChI=1S/C31H44FN5O3/c1-4-5-17-37-29(39)26(28(38)23-9-7-6-8-10-23)33-30(40)31(37)15-18-36(19-16-31)27(22-11-13-24(32)14-12-22)25-20(2)34-35-21(25)3/h11-14,23,26-28,38H,4-10,15-19H2,1-3H3,(H,33,40)(H,34,35)/t26-,27?,28-/m1/s1. The van der Waals surface area contributed by atoms with Crippen molar-refractivity contribution in [3.63, 3.8) is 0 Å². The summed E-state index contributed by atoms with van der Waals surface area (Å²) < 4.78 is 13.8. The number of aromatic amines is 1. The fourth-order valence-electron chi connectivity index (χ4n) is 7.28. The van der Waals surface area contributed by atoms with E-state index >= 15 is 0 Å². The molecular weight excluding hydrogens is 509 g/mol. The Balaban J connectivity index is 1.40. The van der Waals surface area contributed by atoms with Crippen LogP contribution in [0.5, 0.6) is 0 Å². The van der Waals surface area contributed by atoms with Crippen LogP contribution >= 0.6 is 0 Å². The number of unbranched alkanes of at least 4 members (excludes halogenated alkanes) is 1. The van der Waals surface area contributed by atoms with Gasteiger partial charge in [-0.25, -0.2) is 4.39 Å². The fourth-order valence-corrected chi connectivity index (χ4v) is 7.28. The Morgan fingerprint density at radius 1 is 1.10 bits per heavy atom. The predicted molar refractivity (Wildman–Crippen MR) is 151 cm³/mol. The third-order valence-electron chi connectivity index (χ3n) is 9.60. The molecular formula is C31H44FN5O3. The molecule has 218 valence electrons. The number of aliphatic hydroxyl groups is 1. The van der Waals surface area contributed by atoms with Crippen molar-refractivity contribution in [2.24, 2.45) is 5.92 Å². The first-order valence-corrected chi connectivity index (χ1v) is 15.1. The van der Waals surface area contributed by atoms with E-state index in [0.717, 1.165) is 67.5 Å². The van der Waals surface area contributed by atoms with Crippen molar-refractivity contribution >= 4 is 11.8 Å². The maximum absolute atomic E-state index is 14.0. The number of benzene rings is 1. The van der Waals surface area contributed by atoms with Crippen LogP contribution in [0.2, 0.25) is 0 Å². The Morgan fingerprint density at radius 2 is 1.77 bits per heavy atom. The summed E-state index contributed by atoms with van der Waals surface area (Å²) in [6, 6.07) is 5.57. The van der Waals surface area contributed by atoms with E-state index in [1.165, 1.54) is 12.1 Å². The minimum Gasteiger partial charge on any atom is -0.390 e. The number of aromatic nitrogens is 2. The van der Waals surface area contributed by atoms with Gasteiger partial charge in [-0.2, -0.15) is 5.10 Å². The molecule has 1 aromatic heterocycles. The molecule has 1 unspecified atom stereocenters. The maximum atomic E-state index is 14.0. The van der Waals surface area contributed by atoms with Crippen molar-refractivity contribution < 1.29 is 19.1 Å². The molecule has 3 atom stereocenters. The first-order valence-electron chi connectivity index (χ1n) is 15.1. The van der Waals surface area contributed by atoms with E-state index in [4.69, 9.17) is 0 Å². The molecule has 3 fully saturated rings. The van der Waals surface area contributed by atoms with Crippen LogP contribution in [-0.2, 0) is 9.59 Å². The number of carbonyl (C=O) groups excluding carboxylic acids is 2. The Hall–Kier alpha value is -2.78. The van der Waals surface area contributed by atoms with Crippen molar-refractivity contribution in [2.45, 2.75) is 102 Å². The van der Waals surface area contributed by atoms with Gasteiger partial charge in [0, 0.05) is 30.9 Å². The van der Waals surface area contributed by atoms with Crippen molar-refractivity contribution in [3.05, 3.63) is 52.6 Å². The van der Waals surface area contributed by atoms with Crippen LogP contribution in [0.1, 0.15) is 93.3 Å². The lowest BCUT2D eigenvalue weighted by Gasteiger charge is -2.53. The molecule has 1 saturated carbocycles. The molecule has 2 aromatic rings. The molecule has 2 aliphatic heterocycles. The van der Waals surface area contributed by atoms with Crippen LogP contribution in [0.4, 0.5) is 4.39 Å². The molecule has 0 bridgehead atoms. The first kappa shape index (κ1) is 28.7. The van der Waals surface area contributed by atoms with Gasteiger partial charge in [0.05, 0.1) is 17.8 Å². The summed E-state index contributed by atoms with van der Waals surface area (Å²) in [6.45, 7) is 7.74. The van der Waals surface area contributed by atoms with Gasteiger partial charge in [0.1, 0.15) is 17.4 Å². The van der Waals surface area contributed by atoms with Gasteiger partial charge in [-0.1, -0.05) is 44.7 Å². The summed E-state index contributed by atoms with van der Waals surface area (Å²) >= 11 is 0. The van der Waals surface area contributed by atoms with Gasteiger partial charge in [0.25, 0.3) is 0 Å². The number of nitrogens with zero attached hydrogens (tertiary/aromatic N) is 3. The number of halogens is 1. The number of piperazine rings is 1. The largest absolute Gasteiger partial charge is 0.390 e. The molecule has 2 saturated heterocycles. The Labute approximate surface area is 236 Å². The van der Waals surface area contributed by atoms with E-state index in [1.54, 1.807) is 0 Å². The Morgan fingerprint density at radius 3 is 2.38 bits per heavy atom. The number of hydrogen-bond donors (Lipinski definition) is 3. The van der Waals surface area contributed by atoms with Crippen molar-refractivity contribution in [1.29, 1.82) is 0 Å². The molecule has 1 aliphatic carbocycles. The zero-order chi connectivity index (χ0) is 28.4. The second-order valence-electron chi connectivity index (χ2n) is 12.1. The molecule has 1 aromatic carbocycles. The van der Waals surface area contributed by atoms with Gasteiger partial charge in [-0.05, 0) is 69.6 Å². The van der Waals surface area contributed by atoms with Crippen LogP contribution in [0, 0.1) is 25.6 Å². The molecule has 9 heteroatoms. The van der Waals surface area contributed by atoms with E-state index in [9.17, 15) is 19.1 Å². The van der Waals surface area contributed by atoms with Gasteiger partial charge in [-0.3, -0.25) is 19.6 Å². The molecule has 0 radical (unpaired) electrons. The zero-order valence-electron chi connectivity index (χ0n) is 24.1. The highest BCUT2D eigenvalue weighted by molar-refractivity contribution is 6.00. The smallest absolute Gasteiger partial charge is 0.248 e. The van der Waals surface area contributed by atoms with Gasteiger partial charge in [-0.15, -0.1) is 0 Å². The lowest BCUT2D eigenvalue weighted by atomic mass is 9.77. The summed E-state index contributed by atoms with van der Waals surface area (Å²) in [7, 11) is 0. The van der Waals surface area contributed by atoms with Crippen LogP contribution < -0.4 is 5.32 Å². The SMILES string of the molecule is CCCCN1C(=O)[C@@H]([C@H](O)C2CCCCC2)NC(=O)C12CCN(C(c1ccc(F)cc1)c1c(C)n[nH]c1C)CC2. The topological polar surface area (TPSA) is 102 Å². The predicted octanol–water partition coefficient (Wildman–Crippen LogP) is 4.16. The van der Waals surface area contributed by atoms with Crippen LogP contribution in [-0.4, -0.2) is 74.2 Å². The quantitative estimate of drug-likeness (QED) is 0.456. The second-order valence-corrected chi connectivity index (χ2v) is 12.1. The lowest BCUT2D eigenvalue weighted by molar-refractivity contribution is -0.166. The highest BCUT2D eigenvalue weighted by Crippen LogP contribution is 2.40. The molecule has 3 aliphatic rings. The number of carbonyl (C=O) groups is 2. The number of aryl methyl sites for hydroxylation is 2. The lowest BCUT2D eigenvalue weighted by Crippen LogP contribution is -2.75.